The highest BCUT2D eigenvalue weighted by Crippen LogP contribution is 2.28. The highest BCUT2D eigenvalue weighted by atomic mass is 16.1. The second kappa shape index (κ2) is 6.22. The Morgan fingerprint density at radius 1 is 1.42 bits per heavy atom. The summed E-state index contributed by atoms with van der Waals surface area (Å²) in [7, 11) is 1.90. The average Bonchev–Trinajstić information content (AvgIpc) is 2.77. The molecule has 1 aromatic rings. The standard InChI is InChI=1S/C15H25N3O/c1-11-5-4-6-12(2)15(11)17-14(19)8-7-13-9-16-18(3)10-13/h9-12,15H,4-8H2,1-3H3,(H,17,19)/t11-,12+,15?. The highest BCUT2D eigenvalue weighted by molar-refractivity contribution is 5.76. The number of nitrogens with one attached hydrogen (secondary N) is 1. The molecule has 19 heavy (non-hydrogen) atoms. The first-order valence-corrected chi connectivity index (χ1v) is 7.33. The smallest absolute Gasteiger partial charge is 0.220 e. The number of aryl methyl sites for hydroxylation is 2. The van der Waals surface area contributed by atoms with Gasteiger partial charge in [-0.3, -0.25) is 9.48 Å². The number of hydrogen-bond acceptors (Lipinski definition) is 2. The van der Waals surface area contributed by atoms with Crippen molar-refractivity contribution in [1.82, 2.24) is 15.1 Å². The molecule has 0 saturated heterocycles. The number of carbonyl (C=O) groups is 1. The molecule has 2 rings (SSSR count). The molecule has 1 unspecified atom stereocenters. The van der Waals surface area contributed by atoms with Crippen LogP contribution in [-0.4, -0.2) is 21.7 Å². The van der Waals surface area contributed by atoms with Crippen LogP contribution in [0.1, 0.15) is 45.1 Å². The van der Waals surface area contributed by atoms with Gasteiger partial charge in [-0.25, -0.2) is 0 Å². The van der Waals surface area contributed by atoms with Gasteiger partial charge >= 0.3 is 0 Å². The van der Waals surface area contributed by atoms with Crippen molar-refractivity contribution in [1.29, 1.82) is 0 Å². The van der Waals surface area contributed by atoms with E-state index in [0.717, 1.165) is 12.0 Å². The number of hydrogen-bond donors (Lipinski definition) is 1. The van der Waals surface area contributed by atoms with Gasteiger partial charge in [0.05, 0.1) is 6.20 Å². The van der Waals surface area contributed by atoms with Gasteiger partial charge in [0, 0.05) is 25.7 Å². The van der Waals surface area contributed by atoms with Gasteiger partial charge in [0.25, 0.3) is 0 Å². The molecule has 1 fully saturated rings. The van der Waals surface area contributed by atoms with E-state index in [1.807, 2.05) is 19.4 Å². The van der Waals surface area contributed by atoms with Gasteiger partial charge in [-0.15, -0.1) is 0 Å². The van der Waals surface area contributed by atoms with E-state index in [4.69, 9.17) is 0 Å². The third-order valence-electron chi connectivity index (χ3n) is 4.27. The molecule has 1 amide bonds. The van der Waals surface area contributed by atoms with Crippen LogP contribution in [0.25, 0.3) is 0 Å². The summed E-state index contributed by atoms with van der Waals surface area (Å²) in [6.07, 6.45) is 8.90. The molecule has 1 N–H and O–H groups in total. The van der Waals surface area contributed by atoms with E-state index >= 15 is 0 Å². The molecule has 106 valence electrons. The van der Waals surface area contributed by atoms with E-state index < -0.39 is 0 Å². The Balaban J connectivity index is 1.80. The maximum absolute atomic E-state index is 12.0. The van der Waals surface area contributed by atoms with Gasteiger partial charge in [-0.1, -0.05) is 20.3 Å². The zero-order valence-electron chi connectivity index (χ0n) is 12.2. The van der Waals surface area contributed by atoms with Crippen molar-refractivity contribution in [2.75, 3.05) is 0 Å². The monoisotopic (exact) mass is 263 g/mol. The van der Waals surface area contributed by atoms with Crippen LogP contribution in [0.4, 0.5) is 0 Å². The van der Waals surface area contributed by atoms with Crippen molar-refractivity contribution in [3.05, 3.63) is 18.0 Å². The Morgan fingerprint density at radius 2 is 2.11 bits per heavy atom. The molecule has 1 aromatic heterocycles. The summed E-state index contributed by atoms with van der Waals surface area (Å²) in [5.74, 6) is 1.38. The van der Waals surface area contributed by atoms with Crippen LogP contribution in [0.2, 0.25) is 0 Å². The van der Waals surface area contributed by atoms with E-state index in [-0.39, 0.29) is 5.91 Å². The summed E-state index contributed by atoms with van der Waals surface area (Å²) in [6, 6.07) is 0.357. The predicted molar refractivity (Wildman–Crippen MR) is 75.6 cm³/mol. The molecule has 0 radical (unpaired) electrons. The maximum Gasteiger partial charge on any atom is 0.220 e. The third kappa shape index (κ3) is 3.82. The molecule has 4 heteroatoms. The number of nitrogens with zero attached hydrogens (tertiary/aromatic N) is 2. The summed E-state index contributed by atoms with van der Waals surface area (Å²) in [5, 5.41) is 7.35. The largest absolute Gasteiger partial charge is 0.353 e. The molecule has 0 aromatic carbocycles. The van der Waals surface area contributed by atoms with Gasteiger partial charge in [-0.2, -0.15) is 5.10 Å². The minimum absolute atomic E-state index is 0.175. The van der Waals surface area contributed by atoms with Crippen molar-refractivity contribution < 1.29 is 4.79 Å². The zero-order chi connectivity index (χ0) is 13.8. The second-order valence-electron chi connectivity index (χ2n) is 6.00. The van der Waals surface area contributed by atoms with Gasteiger partial charge < -0.3 is 5.32 Å². The molecular weight excluding hydrogens is 238 g/mol. The fourth-order valence-corrected chi connectivity index (χ4v) is 3.08. The van der Waals surface area contributed by atoms with Crippen molar-refractivity contribution in [2.24, 2.45) is 18.9 Å². The highest BCUT2D eigenvalue weighted by Gasteiger charge is 2.28. The summed E-state index contributed by atoms with van der Waals surface area (Å²) < 4.78 is 1.78. The number of aromatic nitrogens is 2. The van der Waals surface area contributed by atoms with Gasteiger partial charge in [0.1, 0.15) is 0 Å². The van der Waals surface area contributed by atoms with Gasteiger partial charge in [0.15, 0.2) is 0 Å². The first kappa shape index (κ1) is 14.1. The molecule has 0 aliphatic heterocycles. The third-order valence-corrected chi connectivity index (χ3v) is 4.27. The fourth-order valence-electron chi connectivity index (χ4n) is 3.08. The van der Waals surface area contributed by atoms with E-state index in [1.165, 1.54) is 19.3 Å². The Hall–Kier alpha value is -1.32. The zero-order valence-corrected chi connectivity index (χ0v) is 12.2. The van der Waals surface area contributed by atoms with Crippen molar-refractivity contribution in [2.45, 2.75) is 52.0 Å². The lowest BCUT2D eigenvalue weighted by Gasteiger charge is -2.35. The maximum atomic E-state index is 12.0. The average molecular weight is 263 g/mol. The Bertz CT molecular complexity index is 417. The van der Waals surface area contributed by atoms with Gasteiger partial charge in [-0.05, 0) is 36.7 Å². The van der Waals surface area contributed by atoms with Crippen molar-refractivity contribution in [3.8, 4) is 0 Å². The fraction of sp³-hybridized carbons (Fsp3) is 0.733. The molecule has 1 aliphatic rings. The van der Waals surface area contributed by atoms with E-state index in [0.29, 0.717) is 24.3 Å². The SMILES string of the molecule is C[C@@H]1CCC[C@H](C)C1NC(=O)CCc1cnn(C)c1. The predicted octanol–water partition coefficient (Wildman–Crippen LogP) is 2.29. The topological polar surface area (TPSA) is 46.9 Å². The Morgan fingerprint density at radius 3 is 2.68 bits per heavy atom. The minimum Gasteiger partial charge on any atom is -0.353 e. The normalized spacial score (nSPS) is 27.2. The van der Waals surface area contributed by atoms with Crippen LogP contribution in [0.5, 0.6) is 0 Å². The van der Waals surface area contributed by atoms with Crippen LogP contribution in [0.3, 0.4) is 0 Å². The van der Waals surface area contributed by atoms with Crippen molar-refractivity contribution >= 4 is 5.91 Å². The minimum atomic E-state index is 0.175. The summed E-state index contributed by atoms with van der Waals surface area (Å²) in [6.45, 7) is 4.50. The quantitative estimate of drug-likeness (QED) is 0.906. The number of amides is 1. The summed E-state index contributed by atoms with van der Waals surface area (Å²) >= 11 is 0. The van der Waals surface area contributed by atoms with Crippen LogP contribution in [-0.2, 0) is 18.3 Å². The van der Waals surface area contributed by atoms with Gasteiger partial charge in [0.2, 0.25) is 5.91 Å². The number of carbonyl (C=O) groups excluding carboxylic acids is 1. The molecule has 0 bridgehead atoms. The molecule has 1 heterocycles. The first-order valence-electron chi connectivity index (χ1n) is 7.33. The first-order chi connectivity index (χ1) is 9.06. The van der Waals surface area contributed by atoms with Crippen molar-refractivity contribution in [3.63, 3.8) is 0 Å². The van der Waals surface area contributed by atoms with E-state index in [2.05, 4.69) is 24.3 Å². The molecule has 1 aliphatic carbocycles. The van der Waals surface area contributed by atoms with Crippen LogP contribution in [0, 0.1) is 11.8 Å². The molecule has 1 saturated carbocycles. The lowest BCUT2D eigenvalue weighted by atomic mass is 9.78. The van der Waals surface area contributed by atoms with E-state index in [1.54, 1.807) is 4.68 Å². The second-order valence-corrected chi connectivity index (χ2v) is 6.00. The van der Waals surface area contributed by atoms with Crippen LogP contribution < -0.4 is 5.32 Å². The molecule has 0 spiro atoms. The molecular formula is C15H25N3O. The lowest BCUT2D eigenvalue weighted by Crippen LogP contribution is -2.45. The van der Waals surface area contributed by atoms with Crippen LogP contribution >= 0.6 is 0 Å². The number of rotatable bonds is 4. The van der Waals surface area contributed by atoms with E-state index in [9.17, 15) is 4.79 Å². The Kier molecular flexibility index (Phi) is 4.61. The summed E-state index contributed by atoms with van der Waals surface area (Å²) in [4.78, 5) is 12.0. The van der Waals surface area contributed by atoms with Crippen LogP contribution in [0.15, 0.2) is 12.4 Å². The molecule has 3 atom stereocenters. The lowest BCUT2D eigenvalue weighted by molar-refractivity contribution is -0.122. The summed E-state index contributed by atoms with van der Waals surface area (Å²) in [5.41, 5.74) is 1.13. The Labute approximate surface area is 115 Å². The molecule has 4 nitrogen and oxygen atoms in total.